The highest BCUT2D eigenvalue weighted by atomic mass is 15.4. The van der Waals surface area contributed by atoms with Gasteiger partial charge in [-0.2, -0.15) is 0 Å². The van der Waals surface area contributed by atoms with Crippen LogP contribution in [0, 0.1) is 5.92 Å². The predicted octanol–water partition coefficient (Wildman–Crippen LogP) is -0.267. The molecule has 7 nitrogen and oxygen atoms in total. The molecule has 0 saturated heterocycles. The molecule has 0 aliphatic carbocycles. The molecule has 0 atom stereocenters. The second-order valence-corrected chi connectivity index (χ2v) is 4.17. The van der Waals surface area contributed by atoms with Gasteiger partial charge in [-0.1, -0.05) is 19.1 Å². The number of hydrazine groups is 1. The van der Waals surface area contributed by atoms with Gasteiger partial charge in [0.2, 0.25) is 5.96 Å². The van der Waals surface area contributed by atoms with E-state index >= 15 is 0 Å². The predicted molar refractivity (Wildman–Crippen MR) is 67.1 cm³/mol. The summed E-state index contributed by atoms with van der Waals surface area (Å²) in [4.78, 5) is 4.31. The van der Waals surface area contributed by atoms with Crippen LogP contribution in [0.1, 0.15) is 20.3 Å². The zero-order valence-corrected chi connectivity index (χ0v) is 10.4. The summed E-state index contributed by atoms with van der Waals surface area (Å²) in [6, 6.07) is 0. The van der Waals surface area contributed by atoms with E-state index in [1.807, 2.05) is 6.20 Å². The first-order chi connectivity index (χ1) is 8.22. The van der Waals surface area contributed by atoms with Gasteiger partial charge < -0.3 is 5.32 Å². The van der Waals surface area contributed by atoms with Crippen LogP contribution >= 0.6 is 0 Å². The second kappa shape index (κ2) is 7.61. The van der Waals surface area contributed by atoms with Gasteiger partial charge in [0.1, 0.15) is 0 Å². The number of nitrogens with one attached hydrogen (secondary N) is 2. The number of hydrogen-bond donors (Lipinski definition) is 3. The molecule has 0 aromatic carbocycles. The van der Waals surface area contributed by atoms with Crippen molar-refractivity contribution < 1.29 is 0 Å². The van der Waals surface area contributed by atoms with E-state index in [1.54, 1.807) is 10.9 Å². The minimum Gasteiger partial charge on any atom is -0.355 e. The molecule has 0 saturated carbocycles. The van der Waals surface area contributed by atoms with E-state index in [9.17, 15) is 0 Å². The van der Waals surface area contributed by atoms with Crippen molar-refractivity contribution in [3.05, 3.63) is 12.4 Å². The molecular weight excluding hydrogens is 218 g/mol. The topological polar surface area (TPSA) is 93.2 Å². The number of rotatable bonds is 6. The van der Waals surface area contributed by atoms with Crippen LogP contribution in [0.15, 0.2) is 17.4 Å². The van der Waals surface area contributed by atoms with E-state index in [0.29, 0.717) is 11.9 Å². The van der Waals surface area contributed by atoms with Gasteiger partial charge in [-0.05, 0) is 12.3 Å². The van der Waals surface area contributed by atoms with Crippen LogP contribution in [0.3, 0.4) is 0 Å². The molecule has 96 valence electrons. The fourth-order valence-electron chi connectivity index (χ4n) is 1.23. The minimum absolute atomic E-state index is 0.523. The van der Waals surface area contributed by atoms with Gasteiger partial charge in [0.25, 0.3) is 0 Å². The maximum atomic E-state index is 5.36. The highest BCUT2D eigenvalue weighted by molar-refractivity contribution is 5.79. The molecule has 4 N–H and O–H groups in total. The monoisotopic (exact) mass is 239 g/mol. The standard InChI is InChI=1S/C10H21N7/c1-9(2)8-13-10(15-11)12-4-3-6-17-7-5-14-16-17/h5,7,9H,3-4,6,8,11H2,1-2H3,(H2,12,13,15). The summed E-state index contributed by atoms with van der Waals surface area (Å²) >= 11 is 0. The number of guanidine groups is 1. The maximum Gasteiger partial charge on any atom is 0.205 e. The lowest BCUT2D eigenvalue weighted by molar-refractivity contribution is 0.551. The number of aryl methyl sites for hydroxylation is 1. The van der Waals surface area contributed by atoms with Crippen molar-refractivity contribution in [2.24, 2.45) is 16.8 Å². The molecule has 0 aliphatic heterocycles. The van der Waals surface area contributed by atoms with Crippen LogP contribution in [-0.2, 0) is 6.54 Å². The molecule has 0 fully saturated rings. The molecule has 1 rings (SSSR count). The van der Waals surface area contributed by atoms with Gasteiger partial charge in [0.15, 0.2) is 0 Å². The molecule has 0 bridgehead atoms. The van der Waals surface area contributed by atoms with Crippen molar-refractivity contribution in [1.82, 2.24) is 25.7 Å². The zero-order chi connectivity index (χ0) is 12.5. The molecule has 7 heteroatoms. The lowest BCUT2D eigenvalue weighted by Crippen LogP contribution is -2.42. The van der Waals surface area contributed by atoms with Crippen LogP contribution in [0.2, 0.25) is 0 Å². The van der Waals surface area contributed by atoms with E-state index in [4.69, 9.17) is 5.84 Å². The third-order valence-electron chi connectivity index (χ3n) is 2.08. The third-order valence-corrected chi connectivity index (χ3v) is 2.08. The molecule has 1 aromatic rings. The molecule has 1 heterocycles. The number of aromatic nitrogens is 3. The van der Waals surface area contributed by atoms with Gasteiger partial charge in [-0.25, -0.2) is 5.84 Å². The van der Waals surface area contributed by atoms with Gasteiger partial charge in [-0.3, -0.25) is 15.1 Å². The smallest absolute Gasteiger partial charge is 0.205 e. The SMILES string of the molecule is CC(C)CN=C(NN)NCCCn1ccnn1. The van der Waals surface area contributed by atoms with E-state index < -0.39 is 0 Å². The van der Waals surface area contributed by atoms with Crippen LogP contribution < -0.4 is 16.6 Å². The Balaban J connectivity index is 2.17. The molecule has 0 spiro atoms. The van der Waals surface area contributed by atoms with E-state index in [0.717, 1.165) is 26.1 Å². The Morgan fingerprint density at radius 1 is 1.53 bits per heavy atom. The van der Waals surface area contributed by atoms with Gasteiger partial charge in [0.05, 0.1) is 6.20 Å². The van der Waals surface area contributed by atoms with E-state index in [1.165, 1.54) is 0 Å². The van der Waals surface area contributed by atoms with Crippen LogP contribution in [0.4, 0.5) is 0 Å². The molecule has 1 aromatic heterocycles. The summed E-state index contributed by atoms with van der Waals surface area (Å²) in [5, 5.41) is 10.8. The Morgan fingerprint density at radius 3 is 2.94 bits per heavy atom. The minimum atomic E-state index is 0.523. The molecule has 0 radical (unpaired) electrons. The number of aliphatic imine (C=N–C) groups is 1. The number of nitrogens with two attached hydrogens (primary N) is 1. The third kappa shape index (κ3) is 5.86. The maximum absolute atomic E-state index is 5.36. The van der Waals surface area contributed by atoms with E-state index in [2.05, 4.69) is 39.9 Å². The van der Waals surface area contributed by atoms with Gasteiger partial charge in [0, 0.05) is 25.8 Å². The van der Waals surface area contributed by atoms with Crippen LogP contribution in [-0.4, -0.2) is 34.0 Å². The Kier molecular flexibility index (Phi) is 6.02. The van der Waals surface area contributed by atoms with Gasteiger partial charge in [-0.15, -0.1) is 5.10 Å². The fourth-order valence-corrected chi connectivity index (χ4v) is 1.23. The summed E-state index contributed by atoms with van der Waals surface area (Å²) in [7, 11) is 0. The van der Waals surface area contributed by atoms with Crippen molar-refractivity contribution in [1.29, 1.82) is 0 Å². The molecular formula is C10H21N7. The second-order valence-electron chi connectivity index (χ2n) is 4.17. The normalized spacial score (nSPS) is 11.9. The lowest BCUT2D eigenvalue weighted by Gasteiger charge is -2.09. The summed E-state index contributed by atoms with van der Waals surface area (Å²) in [5.74, 6) is 6.52. The first-order valence-electron chi connectivity index (χ1n) is 5.81. The average molecular weight is 239 g/mol. The first kappa shape index (κ1) is 13.4. The number of hydrogen-bond acceptors (Lipinski definition) is 4. The van der Waals surface area contributed by atoms with Crippen molar-refractivity contribution >= 4 is 5.96 Å². The van der Waals surface area contributed by atoms with Crippen LogP contribution in [0.5, 0.6) is 0 Å². The lowest BCUT2D eigenvalue weighted by atomic mass is 10.2. The van der Waals surface area contributed by atoms with Crippen molar-refractivity contribution in [3.63, 3.8) is 0 Å². The highest BCUT2D eigenvalue weighted by Crippen LogP contribution is 1.91. The average Bonchev–Trinajstić information content (AvgIpc) is 2.81. The summed E-state index contributed by atoms with van der Waals surface area (Å²) in [6.45, 7) is 6.61. The fraction of sp³-hybridized carbons (Fsp3) is 0.700. The van der Waals surface area contributed by atoms with Crippen LogP contribution in [0.25, 0.3) is 0 Å². The van der Waals surface area contributed by atoms with Crippen molar-refractivity contribution in [2.75, 3.05) is 13.1 Å². The van der Waals surface area contributed by atoms with Crippen molar-refractivity contribution in [2.45, 2.75) is 26.8 Å². The molecule has 0 aliphatic rings. The Bertz CT molecular complexity index is 317. The van der Waals surface area contributed by atoms with E-state index in [-0.39, 0.29) is 0 Å². The Morgan fingerprint density at radius 2 is 2.35 bits per heavy atom. The summed E-state index contributed by atoms with van der Waals surface area (Å²) < 4.78 is 1.79. The zero-order valence-electron chi connectivity index (χ0n) is 10.4. The first-order valence-corrected chi connectivity index (χ1v) is 5.81. The summed E-state index contributed by atoms with van der Waals surface area (Å²) in [6.07, 6.45) is 4.45. The Labute approximate surface area is 101 Å². The number of nitrogens with zero attached hydrogens (tertiary/aromatic N) is 4. The van der Waals surface area contributed by atoms with Gasteiger partial charge >= 0.3 is 0 Å². The van der Waals surface area contributed by atoms with Crippen molar-refractivity contribution in [3.8, 4) is 0 Å². The molecule has 0 unspecified atom stereocenters. The quantitative estimate of drug-likeness (QED) is 0.209. The largest absolute Gasteiger partial charge is 0.355 e. The highest BCUT2D eigenvalue weighted by Gasteiger charge is 1.97. The molecule has 0 amide bonds. The summed E-state index contributed by atoms with van der Waals surface area (Å²) in [5.41, 5.74) is 2.56. The Hall–Kier alpha value is -1.63. The molecule has 17 heavy (non-hydrogen) atoms.